The molecule has 1 aromatic carbocycles. The highest BCUT2D eigenvalue weighted by atomic mass is 16.3. The smallest absolute Gasteiger partial charge is 0.0962 e. The third-order valence-corrected chi connectivity index (χ3v) is 4.24. The van der Waals surface area contributed by atoms with Crippen molar-refractivity contribution in [2.75, 3.05) is 0 Å². The van der Waals surface area contributed by atoms with Crippen LogP contribution in [0.25, 0.3) is 10.9 Å². The summed E-state index contributed by atoms with van der Waals surface area (Å²) in [5, 5.41) is 11.5. The fraction of sp³-hybridized carbons (Fsp3) is 0.471. The molecule has 1 N–H and O–H groups in total. The van der Waals surface area contributed by atoms with Gasteiger partial charge in [0.25, 0.3) is 0 Å². The summed E-state index contributed by atoms with van der Waals surface area (Å²) in [6.07, 6.45) is 7.00. The Kier molecular flexibility index (Phi) is 3.79. The van der Waals surface area contributed by atoms with Gasteiger partial charge in [0.2, 0.25) is 0 Å². The number of benzene rings is 1. The largest absolute Gasteiger partial charge is 0.387 e. The van der Waals surface area contributed by atoms with Gasteiger partial charge in [0.05, 0.1) is 17.3 Å². The monoisotopic (exact) mass is 255 g/mol. The number of aliphatic hydroxyl groups excluding tert-OH is 1. The SMILES string of the molecule is OC(CC1CCCCC1)c1ccc2ccccc2n1. The quantitative estimate of drug-likeness (QED) is 0.890. The molecule has 1 fully saturated rings. The van der Waals surface area contributed by atoms with Gasteiger partial charge in [-0.3, -0.25) is 4.98 Å². The Morgan fingerprint density at radius 3 is 2.68 bits per heavy atom. The van der Waals surface area contributed by atoms with Crippen LogP contribution in [0, 0.1) is 5.92 Å². The van der Waals surface area contributed by atoms with Gasteiger partial charge in [-0.25, -0.2) is 0 Å². The van der Waals surface area contributed by atoms with E-state index >= 15 is 0 Å². The van der Waals surface area contributed by atoms with Crippen LogP contribution in [0.2, 0.25) is 0 Å². The summed E-state index contributed by atoms with van der Waals surface area (Å²) < 4.78 is 0. The van der Waals surface area contributed by atoms with Gasteiger partial charge in [0.15, 0.2) is 0 Å². The number of aromatic nitrogens is 1. The maximum absolute atomic E-state index is 10.4. The number of hydrogen-bond donors (Lipinski definition) is 1. The maximum atomic E-state index is 10.4. The molecule has 0 aliphatic heterocycles. The summed E-state index contributed by atoms with van der Waals surface area (Å²) in [7, 11) is 0. The van der Waals surface area contributed by atoms with Crippen LogP contribution < -0.4 is 0 Å². The molecule has 1 saturated carbocycles. The van der Waals surface area contributed by atoms with E-state index < -0.39 is 6.10 Å². The van der Waals surface area contributed by atoms with Crippen molar-refractivity contribution in [3.8, 4) is 0 Å². The number of pyridine rings is 1. The van der Waals surface area contributed by atoms with E-state index in [1.54, 1.807) is 0 Å². The van der Waals surface area contributed by atoms with Crippen molar-refractivity contribution in [1.82, 2.24) is 4.98 Å². The summed E-state index contributed by atoms with van der Waals surface area (Å²) in [6, 6.07) is 12.1. The molecule has 1 aromatic heterocycles. The summed E-state index contributed by atoms with van der Waals surface area (Å²) in [6.45, 7) is 0. The topological polar surface area (TPSA) is 33.1 Å². The average molecular weight is 255 g/mol. The molecule has 1 heterocycles. The second kappa shape index (κ2) is 5.70. The zero-order valence-electron chi connectivity index (χ0n) is 11.3. The van der Waals surface area contributed by atoms with Gasteiger partial charge < -0.3 is 5.11 Å². The fourth-order valence-electron chi connectivity index (χ4n) is 3.13. The highest BCUT2D eigenvalue weighted by molar-refractivity contribution is 5.78. The van der Waals surface area contributed by atoms with Crippen molar-refractivity contribution in [3.63, 3.8) is 0 Å². The molecule has 0 spiro atoms. The molecule has 1 atom stereocenters. The molecule has 1 aliphatic carbocycles. The molecule has 2 heteroatoms. The third kappa shape index (κ3) is 2.95. The van der Waals surface area contributed by atoms with Crippen LogP contribution in [0.1, 0.15) is 50.3 Å². The molecule has 0 saturated heterocycles. The molecular formula is C17H21NO. The summed E-state index contributed by atoms with van der Waals surface area (Å²) in [5.74, 6) is 0.678. The molecule has 3 rings (SSSR count). The number of fused-ring (bicyclic) bond motifs is 1. The minimum Gasteiger partial charge on any atom is -0.387 e. The lowest BCUT2D eigenvalue weighted by atomic mass is 9.85. The normalized spacial score (nSPS) is 18.6. The number of nitrogens with zero attached hydrogens (tertiary/aromatic N) is 1. The first kappa shape index (κ1) is 12.6. The zero-order chi connectivity index (χ0) is 13.1. The molecule has 0 radical (unpaired) electrons. The van der Waals surface area contributed by atoms with Crippen LogP contribution in [-0.2, 0) is 0 Å². The van der Waals surface area contributed by atoms with Gasteiger partial charge in [-0.15, -0.1) is 0 Å². The molecule has 2 aromatic rings. The Bertz CT molecular complexity index is 546. The molecule has 19 heavy (non-hydrogen) atoms. The molecule has 1 aliphatic rings. The van der Waals surface area contributed by atoms with Crippen molar-refractivity contribution in [2.24, 2.45) is 5.92 Å². The minimum absolute atomic E-state index is 0.410. The number of rotatable bonds is 3. The van der Waals surface area contributed by atoms with E-state index in [4.69, 9.17) is 0 Å². The Labute approximate surface area is 114 Å². The van der Waals surface area contributed by atoms with E-state index in [1.165, 1.54) is 32.1 Å². The summed E-state index contributed by atoms with van der Waals surface area (Å²) in [4.78, 5) is 4.59. The van der Waals surface area contributed by atoms with E-state index in [0.717, 1.165) is 23.0 Å². The molecule has 0 bridgehead atoms. The van der Waals surface area contributed by atoms with Gasteiger partial charge in [-0.2, -0.15) is 0 Å². The summed E-state index contributed by atoms with van der Waals surface area (Å²) >= 11 is 0. The van der Waals surface area contributed by atoms with E-state index in [-0.39, 0.29) is 0 Å². The lowest BCUT2D eigenvalue weighted by Gasteiger charge is -2.23. The van der Waals surface area contributed by atoms with Gasteiger partial charge in [-0.1, -0.05) is 56.4 Å². The maximum Gasteiger partial charge on any atom is 0.0962 e. The van der Waals surface area contributed by atoms with Gasteiger partial charge in [0, 0.05) is 5.39 Å². The zero-order valence-corrected chi connectivity index (χ0v) is 11.3. The van der Waals surface area contributed by atoms with Gasteiger partial charge >= 0.3 is 0 Å². The number of para-hydroxylation sites is 1. The number of hydrogen-bond acceptors (Lipinski definition) is 2. The van der Waals surface area contributed by atoms with E-state index in [9.17, 15) is 5.11 Å². The molecule has 1 unspecified atom stereocenters. The van der Waals surface area contributed by atoms with Crippen molar-refractivity contribution in [3.05, 3.63) is 42.1 Å². The highest BCUT2D eigenvalue weighted by Gasteiger charge is 2.19. The highest BCUT2D eigenvalue weighted by Crippen LogP contribution is 2.31. The van der Waals surface area contributed by atoms with Crippen LogP contribution in [0.5, 0.6) is 0 Å². The molecule has 2 nitrogen and oxygen atoms in total. The Morgan fingerprint density at radius 2 is 1.84 bits per heavy atom. The van der Waals surface area contributed by atoms with Crippen molar-refractivity contribution >= 4 is 10.9 Å². The van der Waals surface area contributed by atoms with E-state index in [0.29, 0.717) is 5.92 Å². The predicted octanol–water partition coefficient (Wildman–Crippen LogP) is 4.24. The molecular weight excluding hydrogens is 234 g/mol. The fourth-order valence-corrected chi connectivity index (χ4v) is 3.13. The van der Waals surface area contributed by atoms with Crippen LogP contribution >= 0.6 is 0 Å². The first-order chi connectivity index (χ1) is 9.33. The first-order valence-electron chi connectivity index (χ1n) is 7.37. The van der Waals surface area contributed by atoms with Gasteiger partial charge in [0.1, 0.15) is 0 Å². The second-order valence-electron chi connectivity index (χ2n) is 5.68. The van der Waals surface area contributed by atoms with E-state index in [2.05, 4.69) is 17.1 Å². The Hall–Kier alpha value is -1.41. The van der Waals surface area contributed by atoms with Crippen LogP contribution in [0.3, 0.4) is 0 Å². The van der Waals surface area contributed by atoms with Crippen LogP contribution in [0.15, 0.2) is 36.4 Å². The average Bonchev–Trinajstić information content (AvgIpc) is 2.48. The lowest BCUT2D eigenvalue weighted by Crippen LogP contribution is -2.12. The second-order valence-corrected chi connectivity index (χ2v) is 5.68. The minimum atomic E-state index is -0.410. The van der Waals surface area contributed by atoms with E-state index in [1.807, 2.05) is 24.3 Å². The summed E-state index contributed by atoms with van der Waals surface area (Å²) in [5.41, 5.74) is 1.80. The molecule has 100 valence electrons. The first-order valence-corrected chi connectivity index (χ1v) is 7.37. The van der Waals surface area contributed by atoms with Crippen molar-refractivity contribution < 1.29 is 5.11 Å². The number of aliphatic hydroxyl groups is 1. The van der Waals surface area contributed by atoms with Crippen LogP contribution in [0.4, 0.5) is 0 Å². The van der Waals surface area contributed by atoms with Crippen molar-refractivity contribution in [1.29, 1.82) is 0 Å². The van der Waals surface area contributed by atoms with Crippen molar-refractivity contribution in [2.45, 2.75) is 44.6 Å². The third-order valence-electron chi connectivity index (χ3n) is 4.24. The predicted molar refractivity (Wildman–Crippen MR) is 77.9 cm³/mol. The van der Waals surface area contributed by atoms with Crippen LogP contribution in [-0.4, -0.2) is 10.1 Å². The standard InChI is InChI=1S/C17H21NO/c19-17(12-13-6-2-1-3-7-13)16-11-10-14-8-4-5-9-15(14)18-16/h4-5,8-11,13,17,19H,1-3,6-7,12H2. The van der Waals surface area contributed by atoms with Gasteiger partial charge in [-0.05, 0) is 24.5 Å². The lowest BCUT2D eigenvalue weighted by molar-refractivity contribution is 0.128. The Balaban J connectivity index is 1.75. The Morgan fingerprint density at radius 1 is 1.05 bits per heavy atom. The molecule has 0 amide bonds.